The van der Waals surface area contributed by atoms with Crippen LogP contribution in [0.1, 0.15) is 120 Å². The average molecular weight is 1060 g/mol. The summed E-state index contributed by atoms with van der Waals surface area (Å²) in [5.74, 6) is -0.955. The van der Waals surface area contributed by atoms with Crippen LogP contribution >= 0.6 is 0 Å². The summed E-state index contributed by atoms with van der Waals surface area (Å²) in [5, 5.41) is 130. The standard InChI is InChI=1S/C53H86O21/c1-22-32(57)35(60)38(63)44(68-22)73-42-40(65)41(72-43-37(62)33(58)26(55)21-67-43)23(2)69-46(42)74-47(66)53-17-16-48(3,4)18-25(53)24-10-11-29-50(7)14-13-31(71-45-39(64)36(61)34(59)27(20-54)70-45)49(5,6)28(50)12-15-51(29,8)52(24,9)19-30(53)56/h10,22-23,25-46,54-65H,11-21H2,1-9H3/t22-,23-,25-,26+,27+,28-,29+,30+,31-,32-,33-,34+,35+,36-,37+,38+,39+,40+,41-,42+,43-,44-,45-,46-,50-,51+,52+,53+/m0/s1. The zero-order valence-electron chi connectivity index (χ0n) is 44.3. The fourth-order valence-corrected chi connectivity index (χ4v) is 16.2. The van der Waals surface area contributed by atoms with E-state index in [0.717, 1.165) is 24.8 Å². The third-order valence-electron chi connectivity index (χ3n) is 21.0. The number of ether oxygens (including phenoxy) is 8. The molecule has 0 amide bonds. The Bertz CT molecular complexity index is 2060. The Balaban J connectivity index is 0.999. The lowest BCUT2D eigenvalue weighted by Gasteiger charge is -2.71. The van der Waals surface area contributed by atoms with E-state index in [1.165, 1.54) is 13.8 Å². The second-order valence-corrected chi connectivity index (χ2v) is 25.9. The number of aliphatic hydroxyl groups is 12. The van der Waals surface area contributed by atoms with Gasteiger partial charge >= 0.3 is 5.97 Å². The van der Waals surface area contributed by atoms with Crippen molar-refractivity contribution in [1.29, 1.82) is 0 Å². The predicted molar refractivity (Wildman–Crippen MR) is 255 cm³/mol. The van der Waals surface area contributed by atoms with E-state index in [0.29, 0.717) is 25.7 Å². The normalized spacial score (nSPS) is 55.1. The fraction of sp³-hybridized carbons (Fsp3) is 0.943. The molecule has 9 rings (SSSR count). The highest BCUT2D eigenvalue weighted by molar-refractivity contribution is 5.80. The monoisotopic (exact) mass is 1060 g/mol. The molecule has 0 aromatic carbocycles. The minimum Gasteiger partial charge on any atom is -0.432 e. The smallest absolute Gasteiger partial charge is 0.317 e. The highest BCUT2D eigenvalue weighted by Gasteiger charge is 2.72. The van der Waals surface area contributed by atoms with E-state index in [-0.39, 0.29) is 47.0 Å². The first-order valence-electron chi connectivity index (χ1n) is 27.0. The van der Waals surface area contributed by atoms with Gasteiger partial charge in [0.2, 0.25) is 6.29 Å². The van der Waals surface area contributed by atoms with Crippen molar-refractivity contribution in [2.75, 3.05) is 13.2 Å². The van der Waals surface area contributed by atoms with E-state index in [1.54, 1.807) is 0 Å². The average Bonchev–Trinajstić information content (AvgIpc) is 3.33. The number of fused-ring (bicyclic) bond motifs is 7. The summed E-state index contributed by atoms with van der Waals surface area (Å²) in [4.78, 5) is 15.5. The number of carbonyl (C=O) groups excluding carboxylic acids is 1. The molecule has 0 spiro atoms. The molecule has 4 saturated heterocycles. The van der Waals surface area contributed by atoms with Crippen LogP contribution in [0.3, 0.4) is 0 Å². The van der Waals surface area contributed by atoms with Crippen LogP contribution in [-0.2, 0) is 42.7 Å². The van der Waals surface area contributed by atoms with Crippen LogP contribution in [0.5, 0.6) is 0 Å². The molecule has 12 N–H and O–H groups in total. The lowest BCUT2D eigenvalue weighted by Crippen LogP contribution is -2.68. The maximum atomic E-state index is 15.5. The molecule has 424 valence electrons. The van der Waals surface area contributed by atoms with E-state index in [1.807, 2.05) is 0 Å². The number of carbonyl (C=O) groups is 1. The van der Waals surface area contributed by atoms with Crippen molar-refractivity contribution in [3.63, 3.8) is 0 Å². The van der Waals surface area contributed by atoms with Gasteiger partial charge in [-0.2, -0.15) is 0 Å². The molecule has 0 bridgehead atoms. The Morgan fingerprint density at radius 3 is 1.92 bits per heavy atom. The molecule has 21 nitrogen and oxygen atoms in total. The summed E-state index contributed by atoms with van der Waals surface area (Å²) in [7, 11) is 0. The number of rotatable bonds is 9. The Morgan fingerprint density at radius 2 is 1.24 bits per heavy atom. The summed E-state index contributed by atoms with van der Waals surface area (Å²) in [6.45, 7) is 17.6. The SMILES string of the molecule is C[C@@H]1O[C@@H](O[C@H]2[C@H](OC(=O)[C@]34CCC(C)(C)C[C@H]3C3=CC[C@@H]5[C@@]6(C)CC[C@H](O[C@@H]7O[C@H](CO)[C@@H](O)[C@H](O)[C@H]7O)C(C)(C)[C@@H]6CC[C@@]5(C)[C@]3(C)C[C@H]4O)O[C@@H](C)[C@H](O[C@@H]3OC[C@@H](O)[C@H](O)[C@H]3O)[C@H]2O)[C@H](O)[C@H](O)[C@H]1O. The first-order valence-corrected chi connectivity index (χ1v) is 27.0. The quantitative estimate of drug-likeness (QED) is 0.0796. The number of esters is 1. The van der Waals surface area contributed by atoms with Gasteiger partial charge in [-0.3, -0.25) is 4.79 Å². The van der Waals surface area contributed by atoms with Crippen LogP contribution < -0.4 is 0 Å². The molecule has 0 aromatic rings. The lowest BCUT2D eigenvalue weighted by atomic mass is 9.33. The van der Waals surface area contributed by atoms with Crippen LogP contribution in [0, 0.1) is 50.2 Å². The maximum Gasteiger partial charge on any atom is 0.317 e. The van der Waals surface area contributed by atoms with Crippen molar-refractivity contribution in [2.24, 2.45) is 50.2 Å². The first-order chi connectivity index (χ1) is 34.5. The second-order valence-electron chi connectivity index (χ2n) is 25.9. The van der Waals surface area contributed by atoms with Gasteiger partial charge in [-0.05, 0) is 116 Å². The Labute approximate surface area is 433 Å². The molecule has 9 aliphatic rings. The molecule has 4 heterocycles. The molecule has 21 heteroatoms. The Kier molecular flexibility index (Phi) is 15.6. The van der Waals surface area contributed by atoms with Crippen molar-refractivity contribution in [3.05, 3.63) is 11.6 Å². The van der Waals surface area contributed by atoms with Gasteiger partial charge < -0.3 is 99.2 Å². The van der Waals surface area contributed by atoms with Crippen molar-refractivity contribution in [3.8, 4) is 0 Å². The summed E-state index contributed by atoms with van der Waals surface area (Å²) in [6, 6.07) is 0. The molecule has 28 atom stereocenters. The molecule has 5 aliphatic carbocycles. The van der Waals surface area contributed by atoms with E-state index in [4.69, 9.17) is 37.9 Å². The van der Waals surface area contributed by atoms with Gasteiger partial charge in [0.25, 0.3) is 0 Å². The van der Waals surface area contributed by atoms with Crippen molar-refractivity contribution in [1.82, 2.24) is 0 Å². The van der Waals surface area contributed by atoms with Gasteiger partial charge in [0, 0.05) is 0 Å². The van der Waals surface area contributed by atoms with Crippen LogP contribution in [0.15, 0.2) is 11.6 Å². The number of hydrogen-bond acceptors (Lipinski definition) is 21. The molecule has 74 heavy (non-hydrogen) atoms. The summed E-state index contributed by atoms with van der Waals surface area (Å²) < 4.78 is 48.5. The van der Waals surface area contributed by atoms with Crippen molar-refractivity contribution < 1.29 is 104 Å². The van der Waals surface area contributed by atoms with E-state index in [9.17, 15) is 61.3 Å². The molecular weight excluding hydrogens is 973 g/mol. The topological polar surface area (TPSA) is 334 Å². The number of hydrogen-bond donors (Lipinski definition) is 12. The van der Waals surface area contributed by atoms with E-state index < -0.39 is 164 Å². The summed E-state index contributed by atoms with van der Waals surface area (Å²) in [5.41, 5.74) is -2.19. The Hall–Kier alpha value is -1.55. The third kappa shape index (κ3) is 8.99. The van der Waals surface area contributed by atoms with Gasteiger partial charge in [-0.25, -0.2) is 0 Å². The fourth-order valence-electron chi connectivity index (χ4n) is 16.2. The second kappa shape index (κ2) is 20.2. The molecule has 8 fully saturated rings. The van der Waals surface area contributed by atoms with E-state index in [2.05, 4.69) is 54.5 Å². The zero-order chi connectivity index (χ0) is 54.2. The van der Waals surface area contributed by atoms with Crippen LogP contribution in [-0.4, -0.2) is 209 Å². The minimum atomic E-state index is -1.84. The van der Waals surface area contributed by atoms with Gasteiger partial charge in [0.1, 0.15) is 78.7 Å². The van der Waals surface area contributed by atoms with Crippen molar-refractivity contribution >= 4 is 5.97 Å². The van der Waals surface area contributed by atoms with Crippen molar-refractivity contribution in [2.45, 2.75) is 249 Å². The number of allylic oxidation sites excluding steroid dienone is 2. The Morgan fingerprint density at radius 1 is 0.622 bits per heavy atom. The lowest BCUT2D eigenvalue weighted by molar-refractivity contribution is -0.375. The predicted octanol–water partition coefficient (Wildman–Crippen LogP) is -0.370. The van der Waals surface area contributed by atoms with Gasteiger partial charge in [0.15, 0.2) is 25.0 Å². The summed E-state index contributed by atoms with van der Waals surface area (Å²) >= 11 is 0. The molecular formula is C53H86O21. The van der Waals surface area contributed by atoms with E-state index >= 15 is 4.79 Å². The third-order valence-corrected chi connectivity index (χ3v) is 21.0. The number of aliphatic hydroxyl groups excluding tert-OH is 12. The molecule has 0 aromatic heterocycles. The highest BCUT2D eigenvalue weighted by atomic mass is 16.8. The molecule has 0 unspecified atom stereocenters. The van der Waals surface area contributed by atoms with Crippen LogP contribution in [0.2, 0.25) is 0 Å². The maximum absolute atomic E-state index is 15.5. The molecule has 4 aliphatic heterocycles. The summed E-state index contributed by atoms with van der Waals surface area (Å²) in [6.07, 6.45) is -22.6. The largest absolute Gasteiger partial charge is 0.432 e. The minimum absolute atomic E-state index is 0.149. The zero-order valence-corrected chi connectivity index (χ0v) is 44.3. The van der Waals surface area contributed by atoms with Gasteiger partial charge in [-0.1, -0.05) is 60.1 Å². The van der Waals surface area contributed by atoms with Crippen LogP contribution in [0.4, 0.5) is 0 Å². The van der Waals surface area contributed by atoms with Gasteiger partial charge in [0.05, 0.1) is 37.6 Å². The van der Waals surface area contributed by atoms with Gasteiger partial charge in [-0.15, -0.1) is 0 Å². The van der Waals surface area contributed by atoms with Crippen LogP contribution in [0.25, 0.3) is 0 Å². The first kappa shape index (κ1) is 57.1. The highest BCUT2D eigenvalue weighted by Crippen LogP contribution is 2.76. The molecule has 0 radical (unpaired) electrons. The molecule has 4 saturated carbocycles.